The Morgan fingerprint density at radius 3 is 2.40 bits per heavy atom. The van der Waals surface area contributed by atoms with Gasteiger partial charge in [0, 0.05) is 19.6 Å². The molecule has 2 aromatic rings. The lowest BCUT2D eigenvalue weighted by molar-refractivity contribution is -0.147. The number of carbonyl (C=O) groups is 2. The average molecular weight is 345 g/mol. The second kappa shape index (κ2) is 6.74. The zero-order valence-electron chi connectivity index (χ0n) is 14.5. The van der Waals surface area contributed by atoms with Gasteiger partial charge in [-0.2, -0.15) is 0 Å². The van der Waals surface area contributed by atoms with Gasteiger partial charge in [-0.1, -0.05) is 19.1 Å². The molecule has 1 N–H and O–H groups in total. The summed E-state index contributed by atoms with van der Waals surface area (Å²) in [6, 6.07) is 7.40. The summed E-state index contributed by atoms with van der Waals surface area (Å²) in [5.41, 5.74) is 1.32. The van der Waals surface area contributed by atoms with Crippen molar-refractivity contribution in [3.8, 4) is 0 Å². The smallest absolute Gasteiger partial charge is 0.329 e. The molecule has 2 heterocycles. The van der Waals surface area contributed by atoms with E-state index >= 15 is 0 Å². The minimum atomic E-state index is -0.871. The summed E-state index contributed by atoms with van der Waals surface area (Å²) < 4.78 is 3.12. The molecule has 134 valence electrons. The van der Waals surface area contributed by atoms with E-state index in [0.717, 1.165) is 11.0 Å². The number of carboxylic acids is 1. The molecular weight excluding hydrogens is 322 g/mol. The van der Waals surface area contributed by atoms with Gasteiger partial charge in [-0.25, -0.2) is 4.79 Å². The number of likely N-dealkylation sites (tertiary alicyclic amines) is 1. The maximum Gasteiger partial charge on any atom is 0.329 e. The highest BCUT2D eigenvalue weighted by Crippen LogP contribution is 2.22. The van der Waals surface area contributed by atoms with Gasteiger partial charge in [-0.05, 0) is 31.4 Å². The molecular formula is C18H23N3O4. The number of carbonyl (C=O) groups excluding carboxylic acids is 1. The van der Waals surface area contributed by atoms with Gasteiger partial charge in [0.2, 0.25) is 5.91 Å². The number of hydrogen-bond acceptors (Lipinski definition) is 3. The molecule has 1 fully saturated rings. The topological polar surface area (TPSA) is 84.5 Å². The first-order valence-corrected chi connectivity index (χ1v) is 8.61. The fourth-order valence-electron chi connectivity index (χ4n) is 3.70. The first-order valence-electron chi connectivity index (χ1n) is 8.61. The summed E-state index contributed by atoms with van der Waals surface area (Å²) in [4.78, 5) is 38.3. The van der Waals surface area contributed by atoms with Crippen LogP contribution in [0.2, 0.25) is 0 Å². The Morgan fingerprint density at radius 2 is 1.80 bits per heavy atom. The molecule has 2 unspecified atom stereocenters. The minimum Gasteiger partial charge on any atom is -0.481 e. The van der Waals surface area contributed by atoms with Crippen molar-refractivity contribution in [1.29, 1.82) is 0 Å². The van der Waals surface area contributed by atoms with E-state index in [1.807, 2.05) is 38.1 Å². The molecule has 3 rings (SSSR count). The maximum absolute atomic E-state index is 12.7. The predicted molar refractivity (Wildman–Crippen MR) is 93.4 cm³/mol. The third kappa shape index (κ3) is 3.18. The second-order valence-electron chi connectivity index (χ2n) is 6.78. The lowest BCUT2D eigenvalue weighted by Crippen LogP contribution is -2.47. The van der Waals surface area contributed by atoms with Crippen LogP contribution in [0, 0.1) is 11.8 Å². The van der Waals surface area contributed by atoms with Crippen LogP contribution in [-0.2, 0) is 22.7 Å². The number of aromatic nitrogens is 2. The number of imidazole rings is 1. The lowest BCUT2D eigenvalue weighted by atomic mass is 9.90. The number of piperidine rings is 1. The summed E-state index contributed by atoms with van der Waals surface area (Å²) in [6.07, 6.45) is 0.578. The number of para-hydroxylation sites is 2. The molecule has 1 aromatic carbocycles. The summed E-state index contributed by atoms with van der Waals surface area (Å²) in [5, 5.41) is 9.27. The van der Waals surface area contributed by atoms with E-state index in [1.54, 1.807) is 9.47 Å². The lowest BCUT2D eigenvalue weighted by Gasteiger charge is -2.34. The van der Waals surface area contributed by atoms with E-state index in [9.17, 15) is 19.5 Å². The highest BCUT2D eigenvalue weighted by molar-refractivity contribution is 5.81. The van der Waals surface area contributed by atoms with Crippen molar-refractivity contribution in [3.63, 3.8) is 0 Å². The van der Waals surface area contributed by atoms with Crippen LogP contribution in [0.1, 0.15) is 20.3 Å². The highest BCUT2D eigenvalue weighted by Gasteiger charge is 2.32. The molecule has 7 nitrogen and oxygen atoms in total. The van der Waals surface area contributed by atoms with Gasteiger partial charge in [-0.15, -0.1) is 0 Å². The molecule has 1 aromatic heterocycles. The standard InChI is InChI=1S/C18H23N3O4/c1-3-20-14-6-4-5-7-15(14)21(18(20)25)11-16(22)19-9-12(2)8-13(10-19)17(23)24/h4-7,12-13H,3,8-11H2,1-2H3,(H,23,24). The molecule has 1 aliphatic heterocycles. The van der Waals surface area contributed by atoms with E-state index < -0.39 is 11.9 Å². The Balaban J connectivity index is 1.89. The normalized spacial score (nSPS) is 20.8. The van der Waals surface area contributed by atoms with Gasteiger partial charge in [-0.3, -0.25) is 18.7 Å². The van der Waals surface area contributed by atoms with Gasteiger partial charge in [0.25, 0.3) is 0 Å². The van der Waals surface area contributed by atoms with Crippen molar-refractivity contribution in [1.82, 2.24) is 14.0 Å². The van der Waals surface area contributed by atoms with Crippen LogP contribution in [0.5, 0.6) is 0 Å². The molecule has 1 saturated heterocycles. The Bertz CT molecular complexity index is 867. The number of nitrogens with zero attached hydrogens (tertiary/aromatic N) is 3. The molecule has 25 heavy (non-hydrogen) atoms. The number of aryl methyl sites for hydroxylation is 1. The fraction of sp³-hybridized carbons (Fsp3) is 0.500. The van der Waals surface area contributed by atoms with Gasteiger partial charge in [0.15, 0.2) is 0 Å². The summed E-state index contributed by atoms with van der Waals surface area (Å²) in [6.45, 7) is 5.05. The van der Waals surface area contributed by atoms with E-state index in [1.165, 1.54) is 4.57 Å². The van der Waals surface area contributed by atoms with Crippen molar-refractivity contribution in [2.75, 3.05) is 13.1 Å². The predicted octanol–water partition coefficient (Wildman–Crippen LogP) is 1.39. The van der Waals surface area contributed by atoms with Crippen LogP contribution in [-0.4, -0.2) is 44.1 Å². The zero-order chi connectivity index (χ0) is 18.1. The van der Waals surface area contributed by atoms with E-state index in [2.05, 4.69) is 0 Å². The molecule has 0 saturated carbocycles. The first kappa shape index (κ1) is 17.3. The van der Waals surface area contributed by atoms with Gasteiger partial charge in [0.05, 0.1) is 17.0 Å². The van der Waals surface area contributed by atoms with E-state index in [4.69, 9.17) is 0 Å². The number of benzene rings is 1. The van der Waals surface area contributed by atoms with Crippen LogP contribution >= 0.6 is 0 Å². The number of fused-ring (bicyclic) bond motifs is 1. The number of hydrogen-bond donors (Lipinski definition) is 1. The molecule has 0 radical (unpaired) electrons. The Hall–Kier alpha value is -2.57. The molecule has 1 aliphatic rings. The summed E-state index contributed by atoms with van der Waals surface area (Å²) >= 11 is 0. The van der Waals surface area contributed by atoms with Crippen molar-refractivity contribution in [2.24, 2.45) is 11.8 Å². The molecule has 0 spiro atoms. The van der Waals surface area contributed by atoms with Crippen molar-refractivity contribution in [2.45, 2.75) is 33.4 Å². The summed E-state index contributed by atoms with van der Waals surface area (Å²) in [5.74, 6) is -1.49. The van der Waals surface area contributed by atoms with Crippen LogP contribution in [0.4, 0.5) is 0 Å². The minimum absolute atomic E-state index is 0.0641. The van der Waals surface area contributed by atoms with Crippen LogP contribution in [0.25, 0.3) is 11.0 Å². The molecule has 7 heteroatoms. The van der Waals surface area contributed by atoms with E-state index in [0.29, 0.717) is 19.5 Å². The fourth-order valence-corrected chi connectivity index (χ4v) is 3.70. The van der Waals surface area contributed by atoms with Crippen molar-refractivity contribution >= 4 is 22.9 Å². The molecule has 0 aliphatic carbocycles. The average Bonchev–Trinajstić information content (AvgIpc) is 2.85. The number of aliphatic carboxylic acids is 1. The number of amides is 1. The quantitative estimate of drug-likeness (QED) is 0.907. The number of carboxylic acid groups (broad SMARTS) is 1. The Morgan fingerprint density at radius 1 is 1.16 bits per heavy atom. The third-order valence-corrected chi connectivity index (χ3v) is 4.90. The second-order valence-corrected chi connectivity index (χ2v) is 6.78. The Kier molecular flexibility index (Phi) is 4.65. The molecule has 2 atom stereocenters. The maximum atomic E-state index is 12.7. The van der Waals surface area contributed by atoms with Gasteiger partial charge in [0.1, 0.15) is 6.54 Å². The highest BCUT2D eigenvalue weighted by atomic mass is 16.4. The van der Waals surface area contributed by atoms with Crippen LogP contribution in [0.3, 0.4) is 0 Å². The zero-order valence-corrected chi connectivity index (χ0v) is 14.5. The number of rotatable bonds is 4. The van der Waals surface area contributed by atoms with E-state index in [-0.39, 0.29) is 30.6 Å². The van der Waals surface area contributed by atoms with Crippen molar-refractivity contribution < 1.29 is 14.7 Å². The van der Waals surface area contributed by atoms with Gasteiger partial charge >= 0.3 is 11.7 Å². The third-order valence-electron chi connectivity index (χ3n) is 4.90. The SMILES string of the molecule is CCn1c(=O)n(CC(=O)N2CC(C)CC(C(=O)O)C2)c2ccccc21. The largest absolute Gasteiger partial charge is 0.481 e. The molecule has 1 amide bonds. The first-order chi connectivity index (χ1) is 11.9. The molecule has 0 bridgehead atoms. The Labute approximate surface area is 145 Å². The summed E-state index contributed by atoms with van der Waals surface area (Å²) in [7, 11) is 0. The van der Waals surface area contributed by atoms with Crippen LogP contribution < -0.4 is 5.69 Å². The monoisotopic (exact) mass is 345 g/mol. The van der Waals surface area contributed by atoms with Crippen molar-refractivity contribution in [3.05, 3.63) is 34.7 Å². The van der Waals surface area contributed by atoms with Gasteiger partial charge < -0.3 is 10.0 Å². The van der Waals surface area contributed by atoms with Crippen LogP contribution in [0.15, 0.2) is 29.1 Å².